The van der Waals surface area contributed by atoms with Gasteiger partial charge >= 0.3 is 0 Å². The fraction of sp³-hybridized carbons (Fsp3) is 0. The molecule has 4 nitrogen and oxygen atoms in total. The van der Waals surface area contributed by atoms with E-state index in [1.807, 2.05) is 5.43 Å². The molecule has 0 spiro atoms. The van der Waals surface area contributed by atoms with E-state index in [0.29, 0.717) is 12.1 Å². The number of guanidine groups is 1. The van der Waals surface area contributed by atoms with E-state index in [9.17, 15) is 13.2 Å². The Bertz CT molecular complexity index is 354. The first-order valence-corrected chi connectivity index (χ1v) is 3.50. The summed E-state index contributed by atoms with van der Waals surface area (Å²) in [6, 6.07) is 0.984. The minimum Gasteiger partial charge on any atom is -0.369 e. The quantitative estimate of drug-likeness (QED) is 0.270. The molecule has 7 heteroatoms. The molecule has 0 bridgehead atoms. The average Bonchev–Trinajstić information content (AvgIpc) is 2.10. The molecule has 0 aliphatic rings. The molecule has 14 heavy (non-hydrogen) atoms. The number of benzene rings is 1. The van der Waals surface area contributed by atoms with Crippen molar-refractivity contribution in [3.8, 4) is 0 Å². The summed E-state index contributed by atoms with van der Waals surface area (Å²) in [5.41, 5.74) is 6.26. The van der Waals surface area contributed by atoms with E-state index >= 15 is 0 Å². The van der Waals surface area contributed by atoms with Gasteiger partial charge in [0, 0.05) is 12.1 Å². The van der Waals surface area contributed by atoms with Crippen molar-refractivity contribution in [3.63, 3.8) is 0 Å². The molecule has 0 heterocycles. The summed E-state index contributed by atoms with van der Waals surface area (Å²) in [7, 11) is 0. The number of halogens is 3. The van der Waals surface area contributed by atoms with Crippen LogP contribution in [-0.4, -0.2) is 5.96 Å². The molecular weight excluding hydrogens is 197 g/mol. The van der Waals surface area contributed by atoms with Gasteiger partial charge in [0.25, 0.3) is 0 Å². The summed E-state index contributed by atoms with van der Waals surface area (Å²) < 4.78 is 38.2. The van der Waals surface area contributed by atoms with Crippen LogP contribution in [0.15, 0.2) is 17.1 Å². The first kappa shape index (κ1) is 10.3. The molecular formula is C7H7F3N4. The summed E-state index contributed by atoms with van der Waals surface area (Å²) in [6.45, 7) is 0. The van der Waals surface area contributed by atoms with Gasteiger partial charge in [0.15, 0.2) is 11.6 Å². The summed E-state index contributed by atoms with van der Waals surface area (Å²) in [5.74, 6) is 1.11. The van der Waals surface area contributed by atoms with Crippen LogP contribution < -0.4 is 17.0 Å². The van der Waals surface area contributed by atoms with Crippen LogP contribution in [0.1, 0.15) is 0 Å². The third-order valence-corrected chi connectivity index (χ3v) is 1.36. The first-order valence-electron chi connectivity index (χ1n) is 3.50. The largest absolute Gasteiger partial charge is 0.369 e. The number of nitrogens with zero attached hydrogens (tertiary/aromatic N) is 1. The molecule has 0 atom stereocenters. The number of nitrogens with one attached hydrogen (secondary N) is 1. The van der Waals surface area contributed by atoms with Gasteiger partial charge in [-0.25, -0.2) is 24.0 Å². The number of hydrogen-bond donors (Lipinski definition) is 3. The zero-order valence-corrected chi connectivity index (χ0v) is 6.89. The second-order valence-corrected chi connectivity index (χ2v) is 2.36. The van der Waals surface area contributed by atoms with Gasteiger partial charge < -0.3 is 5.73 Å². The normalized spacial score (nSPS) is 11.6. The molecule has 1 aromatic carbocycles. The number of nitrogens with two attached hydrogens (primary N) is 2. The molecule has 1 aromatic rings. The lowest BCUT2D eigenvalue weighted by atomic mass is 10.3. The SMILES string of the molecule is NNC(N)=Nc1c(F)cc(F)cc1F. The van der Waals surface area contributed by atoms with Crippen molar-refractivity contribution in [2.24, 2.45) is 16.6 Å². The molecule has 0 aliphatic carbocycles. The Labute approximate surface area is 77.4 Å². The number of hydrogen-bond acceptors (Lipinski definition) is 2. The van der Waals surface area contributed by atoms with Crippen LogP contribution in [-0.2, 0) is 0 Å². The highest BCUT2D eigenvalue weighted by Crippen LogP contribution is 2.22. The molecule has 0 radical (unpaired) electrons. The second kappa shape index (κ2) is 3.97. The van der Waals surface area contributed by atoms with Gasteiger partial charge in [-0.3, -0.25) is 5.43 Å². The Morgan fingerprint density at radius 3 is 2.14 bits per heavy atom. The Balaban J connectivity index is 3.21. The summed E-state index contributed by atoms with van der Waals surface area (Å²) in [4.78, 5) is 3.26. The molecule has 0 amide bonds. The highest BCUT2D eigenvalue weighted by Gasteiger charge is 2.10. The molecule has 0 fully saturated rings. The Kier molecular flexibility index (Phi) is 2.92. The van der Waals surface area contributed by atoms with Gasteiger partial charge in [0.1, 0.15) is 11.5 Å². The van der Waals surface area contributed by atoms with Crippen LogP contribution in [0.3, 0.4) is 0 Å². The van der Waals surface area contributed by atoms with E-state index in [1.165, 1.54) is 0 Å². The van der Waals surface area contributed by atoms with Crippen LogP contribution in [0.2, 0.25) is 0 Å². The molecule has 1 rings (SSSR count). The smallest absolute Gasteiger partial charge is 0.208 e. The van der Waals surface area contributed by atoms with E-state index in [0.717, 1.165) is 0 Å². The zero-order chi connectivity index (χ0) is 10.7. The van der Waals surface area contributed by atoms with Crippen molar-refractivity contribution in [1.29, 1.82) is 0 Å². The third kappa shape index (κ3) is 2.13. The highest BCUT2D eigenvalue weighted by molar-refractivity contribution is 5.80. The van der Waals surface area contributed by atoms with Gasteiger partial charge in [0.05, 0.1) is 0 Å². The maximum absolute atomic E-state index is 12.9. The summed E-state index contributed by atoms with van der Waals surface area (Å²) in [5, 5.41) is 0. The van der Waals surface area contributed by atoms with Gasteiger partial charge in [-0.1, -0.05) is 0 Å². The molecule has 76 valence electrons. The molecule has 0 aromatic heterocycles. The lowest BCUT2D eigenvalue weighted by Gasteiger charge is -2.01. The lowest BCUT2D eigenvalue weighted by molar-refractivity contribution is 0.546. The molecule has 0 aliphatic heterocycles. The van der Waals surface area contributed by atoms with Crippen molar-refractivity contribution >= 4 is 11.6 Å². The van der Waals surface area contributed by atoms with Crippen LogP contribution in [0.5, 0.6) is 0 Å². The minimum absolute atomic E-state index is 0.380. The van der Waals surface area contributed by atoms with Crippen molar-refractivity contribution in [2.45, 2.75) is 0 Å². The molecule has 5 N–H and O–H groups in total. The van der Waals surface area contributed by atoms with Gasteiger partial charge in [-0.15, -0.1) is 0 Å². The van der Waals surface area contributed by atoms with Crippen molar-refractivity contribution in [2.75, 3.05) is 0 Å². The fourth-order valence-corrected chi connectivity index (χ4v) is 0.794. The third-order valence-electron chi connectivity index (χ3n) is 1.36. The molecule has 0 saturated carbocycles. The predicted octanol–water partition coefficient (Wildman–Crippen LogP) is 0.513. The van der Waals surface area contributed by atoms with Crippen LogP contribution in [0.4, 0.5) is 18.9 Å². The number of hydrazine groups is 1. The number of rotatable bonds is 1. The fourth-order valence-electron chi connectivity index (χ4n) is 0.794. The topological polar surface area (TPSA) is 76.4 Å². The van der Waals surface area contributed by atoms with E-state index in [1.54, 1.807) is 0 Å². The van der Waals surface area contributed by atoms with Crippen molar-refractivity contribution < 1.29 is 13.2 Å². The molecule has 0 unspecified atom stereocenters. The lowest BCUT2D eigenvalue weighted by Crippen LogP contribution is -2.36. The van der Waals surface area contributed by atoms with E-state index in [2.05, 4.69) is 4.99 Å². The van der Waals surface area contributed by atoms with Gasteiger partial charge in [0.2, 0.25) is 5.96 Å². The minimum atomic E-state index is -1.15. The monoisotopic (exact) mass is 204 g/mol. The first-order chi connectivity index (χ1) is 6.54. The maximum atomic E-state index is 12.9. The highest BCUT2D eigenvalue weighted by atomic mass is 19.1. The van der Waals surface area contributed by atoms with Crippen LogP contribution in [0.25, 0.3) is 0 Å². The van der Waals surface area contributed by atoms with Crippen molar-refractivity contribution in [3.05, 3.63) is 29.6 Å². The Hall–Kier alpha value is -1.76. The van der Waals surface area contributed by atoms with Crippen molar-refractivity contribution in [1.82, 2.24) is 5.43 Å². The van der Waals surface area contributed by atoms with Gasteiger partial charge in [-0.2, -0.15) is 0 Å². The maximum Gasteiger partial charge on any atom is 0.208 e. The predicted molar refractivity (Wildman–Crippen MR) is 44.9 cm³/mol. The zero-order valence-electron chi connectivity index (χ0n) is 6.89. The average molecular weight is 204 g/mol. The van der Waals surface area contributed by atoms with Crippen LogP contribution in [0, 0.1) is 17.5 Å². The standard InChI is InChI=1S/C7H7F3N4/c8-3-1-4(9)6(5(10)2-3)13-7(11)14-12/h1-2H,12H2,(H3,11,13,14). The van der Waals surface area contributed by atoms with Gasteiger partial charge in [-0.05, 0) is 0 Å². The summed E-state index contributed by atoms with van der Waals surface area (Å²) >= 11 is 0. The number of aliphatic imine (C=N–C) groups is 1. The molecule has 0 saturated heterocycles. The van der Waals surface area contributed by atoms with E-state index in [-0.39, 0.29) is 5.96 Å². The van der Waals surface area contributed by atoms with Crippen LogP contribution >= 0.6 is 0 Å². The second-order valence-electron chi connectivity index (χ2n) is 2.36. The summed E-state index contributed by atoms with van der Waals surface area (Å²) in [6.07, 6.45) is 0. The Morgan fingerprint density at radius 2 is 1.71 bits per heavy atom. The van der Waals surface area contributed by atoms with E-state index in [4.69, 9.17) is 11.6 Å². The van der Waals surface area contributed by atoms with E-state index < -0.39 is 23.1 Å². The Morgan fingerprint density at radius 1 is 1.21 bits per heavy atom.